The molecular formula is C9H10INO. The summed E-state index contributed by atoms with van der Waals surface area (Å²) in [5, 5.41) is 12.8. The molecule has 1 heterocycles. The Morgan fingerprint density at radius 1 is 1.50 bits per heavy atom. The van der Waals surface area contributed by atoms with Gasteiger partial charge in [0, 0.05) is 15.2 Å². The van der Waals surface area contributed by atoms with Crippen LogP contribution in [-0.4, -0.2) is 11.7 Å². The monoisotopic (exact) mass is 275 g/mol. The van der Waals surface area contributed by atoms with E-state index in [1.54, 1.807) is 6.07 Å². The van der Waals surface area contributed by atoms with Gasteiger partial charge in [0.15, 0.2) is 0 Å². The van der Waals surface area contributed by atoms with E-state index < -0.39 is 0 Å². The molecule has 0 radical (unpaired) electrons. The minimum absolute atomic E-state index is 0.377. The van der Waals surface area contributed by atoms with Gasteiger partial charge in [0.25, 0.3) is 0 Å². The molecule has 0 aliphatic carbocycles. The standard InChI is InChI=1S/C9H10INO/c10-6-1-2-7(9(12)5-6)8-3-4-11-8/h1-2,5,8,11-12H,3-4H2/t8-/m0/s1. The van der Waals surface area contributed by atoms with Crippen molar-refractivity contribution in [2.45, 2.75) is 12.5 Å². The Morgan fingerprint density at radius 2 is 2.25 bits per heavy atom. The van der Waals surface area contributed by atoms with E-state index in [0.29, 0.717) is 11.8 Å². The number of rotatable bonds is 1. The Labute approximate surface area is 85.1 Å². The second kappa shape index (κ2) is 3.22. The van der Waals surface area contributed by atoms with Crippen molar-refractivity contribution >= 4 is 22.6 Å². The highest BCUT2D eigenvalue weighted by molar-refractivity contribution is 14.1. The summed E-state index contributed by atoms with van der Waals surface area (Å²) >= 11 is 2.20. The molecule has 2 rings (SSSR count). The molecule has 0 spiro atoms. The van der Waals surface area contributed by atoms with Crippen LogP contribution < -0.4 is 5.32 Å². The molecule has 2 N–H and O–H groups in total. The van der Waals surface area contributed by atoms with Gasteiger partial charge in [-0.2, -0.15) is 0 Å². The molecule has 1 aliphatic heterocycles. The number of nitrogens with one attached hydrogen (secondary N) is 1. The second-order valence-electron chi connectivity index (χ2n) is 3.00. The zero-order valence-corrected chi connectivity index (χ0v) is 8.71. The van der Waals surface area contributed by atoms with Crippen molar-refractivity contribution in [3.63, 3.8) is 0 Å². The first-order chi connectivity index (χ1) is 5.77. The molecule has 2 nitrogen and oxygen atoms in total. The van der Waals surface area contributed by atoms with Gasteiger partial charge < -0.3 is 10.4 Å². The van der Waals surface area contributed by atoms with E-state index in [1.165, 1.54) is 0 Å². The third-order valence-corrected chi connectivity index (χ3v) is 2.86. The number of phenols is 1. The number of hydrogen-bond acceptors (Lipinski definition) is 2. The Bertz CT molecular complexity index is 297. The predicted octanol–water partition coefficient (Wildman–Crippen LogP) is 2.03. The summed E-state index contributed by atoms with van der Waals surface area (Å²) in [5.41, 5.74) is 1.03. The van der Waals surface area contributed by atoms with Gasteiger partial charge in [0.05, 0.1) is 0 Å². The third kappa shape index (κ3) is 1.43. The summed E-state index contributed by atoms with van der Waals surface area (Å²) in [7, 11) is 0. The molecule has 0 amide bonds. The first kappa shape index (κ1) is 8.31. The van der Waals surface area contributed by atoms with E-state index in [-0.39, 0.29) is 0 Å². The van der Waals surface area contributed by atoms with E-state index >= 15 is 0 Å². The van der Waals surface area contributed by atoms with Crippen molar-refractivity contribution in [2.24, 2.45) is 0 Å². The van der Waals surface area contributed by atoms with Crippen LogP contribution >= 0.6 is 22.6 Å². The molecule has 0 bridgehead atoms. The summed E-state index contributed by atoms with van der Waals surface area (Å²) in [6.07, 6.45) is 1.13. The highest BCUT2D eigenvalue weighted by Crippen LogP contribution is 2.31. The molecule has 0 saturated carbocycles. The SMILES string of the molecule is Oc1cc(I)ccc1[C@@H]1CCN1. The maximum Gasteiger partial charge on any atom is 0.121 e. The van der Waals surface area contributed by atoms with E-state index in [9.17, 15) is 5.11 Å². The number of phenolic OH excluding ortho intramolecular Hbond substituents is 1. The van der Waals surface area contributed by atoms with E-state index in [4.69, 9.17) is 0 Å². The van der Waals surface area contributed by atoms with Gasteiger partial charge in [0.1, 0.15) is 5.75 Å². The average molecular weight is 275 g/mol. The molecule has 1 aromatic rings. The van der Waals surface area contributed by atoms with Gasteiger partial charge in [-0.1, -0.05) is 6.07 Å². The smallest absolute Gasteiger partial charge is 0.121 e. The lowest BCUT2D eigenvalue weighted by atomic mass is 9.97. The van der Waals surface area contributed by atoms with Crippen LogP contribution in [-0.2, 0) is 0 Å². The first-order valence-corrected chi connectivity index (χ1v) is 5.07. The van der Waals surface area contributed by atoms with Crippen molar-refractivity contribution in [1.29, 1.82) is 0 Å². The molecule has 1 aliphatic rings. The Morgan fingerprint density at radius 3 is 2.75 bits per heavy atom. The molecule has 1 fully saturated rings. The second-order valence-corrected chi connectivity index (χ2v) is 4.24. The van der Waals surface area contributed by atoms with Gasteiger partial charge in [-0.25, -0.2) is 0 Å². The van der Waals surface area contributed by atoms with Crippen LogP contribution in [0, 0.1) is 3.57 Å². The fourth-order valence-corrected chi connectivity index (χ4v) is 1.84. The third-order valence-electron chi connectivity index (χ3n) is 2.19. The quantitative estimate of drug-likeness (QED) is 0.769. The Balaban J connectivity index is 2.31. The molecular weight excluding hydrogens is 265 g/mol. The maximum absolute atomic E-state index is 9.58. The summed E-state index contributed by atoms with van der Waals surface area (Å²) in [5.74, 6) is 0.416. The normalized spacial score (nSPS) is 21.9. The molecule has 64 valence electrons. The number of halogens is 1. The Hall–Kier alpha value is -0.290. The molecule has 1 saturated heterocycles. The topological polar surface area (TPSA) is 32.3 Å². The van der Waals surface area contributed by atoms with Gasteiger partial charge in [-0.15, -0.1) is 0 Å². The van der Waals surface area contributed by atoms with E-state index in [2.05, 4.69) is 27.9 Å². The lowest BCUT2D eigenvalue weighted by Gasteiger charge is -2.28. The van der Waals surface area contributed by atoms with Gasteiger partial charge in [0.2, 0.25) is 0 Å². The van der Waals surface area contributed by atoms with Crippen molar-refractivity contribution in [3.05, 3.63) is 27.3 Å². The maximum atomic E-state index is 9.58. The zero-order chi connectivity index (χ0) is 8.55. The number of aromatic hydroxyl groups is 1. The molecule has 0 unspecified atom stereocenters. The van der Waals surface area contributed by atoms with Crippen LogP contribution in [0.25, 0.3) is 0 Å². The van der Waals surface area contributed by atoms with Crippen molar-refractivity contribution in [3.8, 4) is 5.75 Å². The highest BCUT2D eigenvalue weighted by Gasteiger charge is 2.20. The van der Waals surface area contributed by atoms with Crippen molar-refractivity contribution in [1.82, 2.24) is 5.32 Å². The van der Waals surface area contributed by atoms with Crippen LogP contribution in [0.1, 0.15) is 18.0 Å². The fraction of sp³-hybridized carbons (Fsp3) is 0.333. The van der Waals surface area contributed by atoms with Crippen LogP contribution in [0.2, 0.25) is 0 Å². The van der Waals surface area contributed by atoms with E-state index in [1.807, 2.05) is 12.1 Å². The minimum Gasteiger partial charge on any atom is -0.508 e. The average Bonchev–Trinajstić information content (AvgIpc) is 1.91. The highest BCUT2D eigenvalue weighted by atomic mass is 127. The van der Waals surface area contributed by atoms with Gasteiger partial charge >= 0.3 is 0 Å². The molecule has 3 heteroatoms. The van der Waals surface area contributed by atoms with Crippen LogP contribution in [0.5, 0.6) is 5.75 Å². The summed E-state index contributed by atoms with van der Waals surface area (Å²) in [6, 6.07) is 6.20. The van der Waals surface area contributed by atoms with Crippen LogP contribution in [0.4, 0.5) is 0 Å². The minimum atomic E-state index is 0.377. The fourth-order valence-electron chi connectivity index (χ4n) is 1.37. The van der Waals surface area contributed by atoms with Crippen molar-refractivity contribution in [2.75, 3.05) is 6.54 Å². The lowest BCUT2D eigenvalue weighted by Crippen LogP contribution is -2.34. The zero-order valence-electron chi connectivity index (χ0n) is 6.55. The number of hydrogen-bond donors (Lipinski definition) is 2. The van der Waals surface area contributed by atoms with Crippen molar-refractivity contribution < 1.29 is 5.11 Å². The summed E-state index contributed by atoms with van der Waals surface area (Å²) in [6.45, 7) is 1.07. The molecule has 12 heavy (non-hydrogen) atoms. The van der Waals surface area contributed by atoms with Gasteiger partial charge in [-0.05, 0) is 47.7 Å². The molecule has 1 aromatic carbocycles. The van der Waals surface area contributed by atoms with E-state index in [0.717, 1.165) is 22.1 Å². The van der Waals surface area contributed by atoms with Gasteiger partial charge in [-0.3, -0.25) is 0 Å². The summed E-state index contributed by atoms with van der Waals surface area (Å²) < 4.78 is 1.08. The largest absolute Gasteiger partial charge is 0.508 e. The first-order valence-electron chi connectivity index (χ1n) is 3.99. The molecule has 0 aromatic heterocycles. The van der Waals surface area contributed by atoms with Crippen LogP contribution in [0.15, 0.2) is 18.2 Å². The van der Waals surface area contributed by atoms with Crippen LogP contribution in [0.3, 0.4) is 0 Å². The number of benzene rings is 1. The Kier molecular flexibility index (Phi) is 2.23. The molecule has 1 atom stereocenters. The predicted molar refractivity (Wildman–Crippen MR) is 56.2 cm³/mol. The summed E-state index contributed by atoms with van der Waals surface area (Å²) in [4.78, 5) is 0. The lowest BCUT2D eigenvalue weighted by molar-refractivity contribution is 0.364.